The molecule has 0 aromatic heterocycles. The van der Waals surface area contributed by atoms with Crippen molar-refractivity contribution < 1.29 is 27.4 Å². The van der Waals surface area contributed by atoms with Crippen LogP contribution in [0.3, 0.4) is 0 Å². The predicted molar refractivity (Wildman–Crippen MR) is 81.8 cm³/mol. The molecule has 0 aliphatic carbocycles. The van der Waals surface area contributed by atoms with E-state index in [0.717, 1.165) is 5.56 Å². The minimum atomic E-state index is -4.37. The van der Waals surface area contributed by atoms with Crippen LogP contribution in [0.25, 0.3) is 0 Å². The van der Waals surface area contributed by atoms with Crippen LogP contribution >= 0.6 is 0 Å². The number of hydrogen-bond donors (Lipinski definition) is 2. The Balaban J connectivity index is 1.90. The first-order valence-corrected chi connectivity index (χ1v) is 7.71. The van der Waals surface area contributed by atoms with E-state index in [1.807, 2.05) is 6.92 Å². The first-order chi connectivity index (χ1) is 11.3. The third-order valence-corrected chi connectivity index (χ3v) is 3.74. The fraction of sp³-hybridized carbons (Fsp3) is 0.562. The normalized spacial score (nSPS) is 22.7. The van der Waals surface area contributed by atoms with Gasteiger partial charge in [-0.3, -0.25) is 4.79 Å². The number of halogens is 3. The Kier molecular flexibility index (Phi) is 6.06. The molecule has 0 bridgehead atoms. The summed E-state index contributed by atoms with van der Waals surface area (Å²) in [6, 6.07) is 5.46. The highest BCUT2D eigenvalue weighted by molar-refractivity contribution is 5.82. The quantitative estimate of drug-likeness (QED) is 0.858. The standard InChI is InChI=1S/C16H21F3N2O3/c1-10(21-15(22)14-11(2)23-8-7-20-14)12-3-5-13(6-4-12)24-9-16(17,18)19/h3-6,10-11,14,20H,7-9H2,1-2H3,(H,21,22)/t10?,11-,14+/m1/s1. The van der Waals surface area contributed by atoms with Gasteiger partial charge in [-0.25, -0.2) is 0 Å². The summed E-state index contributed by atoms with van der Waals surface area (Å²) in [4.78, 5) is 12.3. The molecule has 2 rings (SSSR count). The number of morpholine rings is 1. The van der Waals surface area contributed by atoms with E-state index in [4.69, 9.17) is 4.74 Å². The Morgan fingerprint density at radius 2 is 2.08 bits per heavy atom. The first-order valence-electron chi connectivity index (χ1n) is 7.71. The smallest absolute Gasteiger partial charge is 0.422 e. The molecule has 1 aliphatic rings. The topological polar surface area (TPSA) is 59.6 Å². The van der Waals surface area contributed by atoms with Gasteiger partial charge in [-0.2, -0.15) is 13.2 Å². The summed E-state index contributed by atoms with van der Waals surface area (Å²) in [5, 5.41) is 5.97. The average Bonchev–Trinajstić information content (AvgIpc) is 2.53. The van der Waals surface area contributed by atoms with Crippen molar-refractivity contribution in [1.29, 1.82) is 0 Å². The van der Waals surface area contributed by atoms with E-state index in [-0.39, 0.29) is 23.8 Å². The number of alkyl halides is 3. The number of carbonyl (C=O) groups excluding carboxylic acids is 1. The van der Waals surface area contributed by atoms with Crippen LogP contribution < -0.4 is 15.4 Å². The Morgan fingerprint density at radius 3 is 2.67 bits per heavy atom. The number of ether oxygens (including phenoxy) is 2. The summed E-state index contributed by atoms with van der Waals surface area (Å²) in [6.07, 6.45) is -4.59. The van der Waals surface area contributed by atoms with Crippen molar-refractivity contribution in [2.24, 2.45) is 0 Å². The number of benzene rings is 1. The lowest BCUT2D eigenvalue weighted by Gasteiger charge is -2.30. The Labute approximate surface area is 138 Å². The second kappa shape index (κ2) is 7.85. The first kappa shape index (κ1) is 18.5. The van der Waals surface area contributed by atoms with Gasteiger partial charge in [-0.05, 0) is 31.5 Å². The number of hydrogen-bond acceptors (Lipinski definition) is 4. The van der Waals surface area contributed by atoms with Gasteiger partial charge in [0, 0.05) is 6.54 Å². The molecule has 8 heteroatoms. The maximum absolute atomic E-state index is 12.3. The fourth-order valence-electron chi connectivity index (χ4n) is 2.43. The molecule has 3 atom stereocenters. The number of amides is 1. The molecule has 24 heavy (non-hydrogen) atoms. The van der Waals surface area contributed by atoms with Crippen molar-refractivity contribution in [3.8, 4) is 5.75 Å². The van der Waals surface area contributed by atoms with E-state index in [9.17, 15) is 18.0 Å². The van der Waals surface area contributed by atoms with Crippen LogP contribution in [-0.4, -0.2) is 44.0 Å². The van der Waals surface area contributed by atoms with Gasteiger partial charge in [0.15, 0.2) is 6.61 Å². The maximum Gasteiger partial charge on any atom is 0.422 e. The summed E-state index contributed by atoms with van der Waals surface area (Å²) < 4.78 is 46.4. The fourth-order valence-corrected chi connectivity index (χ4v) is 2.43. The zero-order valence-corrected chi connectivity index (χ0v) is 13.5. The van der Waals surface area contributed by atoms with Crippen molar-refractivity contribution in [3.05, 3.63) is 29.8 Å². The second-order valence-electron chi connectivity index (χ2n) is 5.71. The summed E-state index contributed by atoms with van der Waals surface area (Å²) in [7, 11) is 0. The Bertz CT molecular complexity index is 548. The lowest BCUT2D eigenvalue weighted by Crippen LogP contribution is -2.55. The van der Waals surface area contributed by atoms with E-state index in [1.165, 1.54) is 12.1 Å². The maximum atomic E-state index is 12.3. The van der Waals surface area contributed by atoms with Crippen LogP contribution in [0.1, 0.15) is 25.5 Å². The van der Waals surface area contributed by atoms with Gasteiger partial charge in [0.05, 0.1) is 18.8 Å². The lowest BCUT2D eigenvalue weighted by atomic mass is 10.1. The molecule has 1 aromatic rings. The highest BCUT2D eigenvalue weighted by Crippen LogP contribution is 2.21. The van der Waals surface area contributed by atoms with Crippen LogP contribution in [0, 0.1) is 0 Å². The summed E-state index contributed by atoms with van der Waals surface area (Å²) in [5.41, 5.74) is 0.770. The van der Waals surface area contributed by atoms with Crippen LogP contribution in [0.15, 0.2) is 24.3 Å². The van der Waals surface area contributed by atoms with E-state index in [2.05, 4.69) is 15.4 Å². The molecule has 0 radical (unpaired) electrons. The average molecular weight is 346 g/mol. The molecular formula is C16H21F3N2O3. The van der Waals surface area contributed by atoms with Gasteiger partial charge in [-0.1, -0.05) is 12.1 Å². The van der Waals surface area contributed by atoms with Crippen LogP contribution in [0.5, 0.6) is 5.75 Å². The lowest BCUT2D eigenvalue weighted by molar-refractivity contribution is -0.153. The molecule has 1 amide bonds. The molecule has 1 aromatic carbocycles. The third-order valence-electron chi connectivity index (χ3n) is 3.74. The zero-order chi connectivity index (χ0) is 17.7. The van der Waals surface area contributed by atoms with Gasteiger partial charge >= 0.3 is 6.18 Å². The van der Waals surface area contributed by atoms with E-state index in [0.29, 0.717) is 13.2 Å². The number of nitrogens with one attached hydrogen (secondary N) is 2. The summed E-state index contributed by atoms with van der Waals surface area (Å²) >= 11 is 0. The van der Waals surface area contributed by atoms with E-state index >= 15 is 0 Å². The molecule has 2 N–H and O–H groups in total. The van der Waals surface area contributed by atoms with E-state index < -0.39 is 18.8 Å². The van der Waals surface area contributed by atoms with Gasteiger partial charge in [0.2, 0.25) is 5.91 Å². The molecule has 1 aliphatic heterocycles. The second-order valence-corrected chi connectivity index (χ2v) is 5.71. The Hall–Kier alpha value is -1.80. The molecular weight excluding hydrogens is 325 g/mol. The zero-order valence-electron chi connectivity index (χ0n) is 13.5. The Morgan fingerprint density at radius 1 is 1.42 bits per heavy atom. The van der Waals surface area contributed by atoms with Gasteiger partial charge in [0.1, 0.15) is 11.8 Å². The number of carbonyl (C=O) groups is 1. The van der Waals surface area contributed by atoms with Gasteiger partial charge < -0.3 is 20.1 Å². The summed E-state index contributed by atoms with van der Waals surface area (Å²) in [6.45, 7) is 3.48. The summed E-state index contributed by atoms with van der Waals surface area (Å²) in [5.74, 6) is -0.0438. The molecule has 5 nitrogen and oxygen atoms in total. The minimum absolute atomic E-state index is 0.130. The van der Waals surface area contributed by atoms with Crippen LogP contribution in [0.2, 0.25) is 0 Å². The van der Waals surface area contributed by atoms with Crippen molar-refractivity contribution >= 4 is 5.91 Å². The SMILES string of the molecule is CC(NC(=O)[C@H]1NCCO[C@@H]1C)c1ccc(OCC(F)(F)F)cc1. The molecule has 1 heterocycles. The monoisotopic (exact) mass is 346 g/mol. The minimum Gasteiger partial charge on any atom is -0.484 e. The van der Waals surface area contributed by atoms with Gasteiger partial charge in [0.25, 0.3) is 0 Å². The van der Waals surface area contributed by atoms with Crippen molar-refractivity contribution in [1.82, 2.24) is 10.6 Å². The van der Waals surface area contributed by atoms with E-state index in [1.54, 1.807) is 19.1 Å². The van der Waals surface area contributed by atoms with Crippen molar-refractivity contribution in [2.45, 2.75) is 38.2 Å². The van der Waals surface area contributed by atoms with Crippen LogP contribution in [0.4, 0.5) is 13.2 Å². The molecule has 0 saturated carbocycles. The van der Waals surface area contributed by atoms with Crippen molar-refractivity contribution in [2.75, 3.05) is 19.8 Å². The third kappa shape index (κ3) is 5.38. The molecule has 1 fully saturated rings. The predicted octanol–water partition coefficient (Wildman–Crippen LogP) is 2.18. The van der Waals surface area contributed by atoms with Crippen molar-refractivity contribution in [3.63, 3.8) is 0 Å². The highest BCUT2D eigenvalue weighted by Gasteiger charge is 2.29. The largest absolute Gasteiger partial charge is 0.484 e. The molecule has 134 valence electrons. The van der Waals surface area contributed by atoms with Gasteiger partial charge in [-0.15, -0.1) is 0 Å². The van der Waals surface area contributed by atoms with Crippen LogP contribution in [-0.2, 0) is 9.53 Å². The molecule has 0 spiro atoms. The molecule has 1 saturated heterocycles. The number of rotatable bonds is 5. The molecule has 1 unspecified atom stereocenters. The highest BCUT2D eigenvalue weighted by atomic mass is 19.4.